The van der Waals surface area contributed by atoms with Crippen molar-refractivity contribution < 1.29 is 18.7 Å². The number of carbonyl (C=O) groups is 2. The lowest BCUT2D eigenvalue weighted by Gasteiger charge is -2.21. The number of thiol groups is 1. The molecule has 21 heavy (non-hydrogen) atoms. The number of benzene rings is 1. The third-order valence-corrected chi connectivity index (χ3v) is 3.50. The smallest absolute Gasteiger partial charge is 0.416 e. The standard InChI is InChI=1S/C13H16FN3O3S/c1-7-12(16-11(18)6-21)20-13(19)17(7)8-3-4-10(15-2)9(14)5-8/h3-5,7,12,15,21H,6H2,1-2H3,(H,16,18)/t7?,12-/m0/s1. The molecule has 2 amide bonds. The molecule has 0 aromatic heterocycles. The Balaban J connectivity index is 2.21. The number of carbonyl (C=O) groups excluding carboxylic acids is 2. The number of nitrogens with one attached hydrogen (secondary N) is 2. The van der Waals surface area contributed by atoms with E-state index in [9.17, 15) is 14.0 Å². The van der Waals surface area contributed by atoms with E-state index in [0.717, 1.165) is 0 Å². The molecule has 0 spiro atoms. The first kappa shape index (κ1) is 15.4. The van der Waals surface area contributed by atoms with Gasteiger partial charge in [-0.2, -0.15) is 12.6 Å². The van der Waals surface area contributed by atoms with Gasteiger partial charge < -0.3 is 15.4 Å². The summed E-state index contributed by atoms with van der Waals surface area (Å²) in [6.07, 6.45) is -1.42. The average molecular weight is 313 g/mol. The van der Waals surface area contributed by atoms with Gasteiger partial charge in [0.1, 0.15) is 5.82 Å². The second-order valence-corrected chi connectivity index (χ2v) is 4.87. The molecule has 8 heteroatoms. The summed E-state index contributed by atoms with van der Waals surface area (Å²) >= 11 is 3.85. The molecular formula is C13H16FN3O3S. The van der Waals surface area contributed by atoms with Crippen LogP contribution >= 0.6 is 12.6 Å². The third-order valence-electron chi connectivity index (χ3n) is 3.22. The molecule has 6 nitrogen and oxygen atoms in total. The first-order valence-electron chi connectivity index (χ1n) is 6.35. The van der Waals surface area contributed by atoms with Crippen LogP contribution in [0.5, 0.6) is 0 Å². The van der Waals surface area contributed by atoms with E-state index in [4.69, 9.17) is 4.74 Å². The molecule has 1 saturated heterocycles. The number of hydrogen-bond acceptors (Lipinski definition) is 5. The molecule has 1 aliphatic heterocycles. The molecule has 0 bridgehead atoms. The summed E-state index contributed by atoms with van der Waals surface area (Å²) in [5.74, 6) is -0.828. The monoisotopic (exact) mass is 313 g/mol. The van der Waals surface area contributed by atoms with Crippen LogP contribution in [0.4, 0.5) is 20.6 Å². The summed E-state index contributed by atoms with van der Waals surface area (Å²) in [6.45, 7) is 1.71. The van der Waals surface area contributed by atoms with Crippen molar-refractivity contribution in [2.75, 3.05) is 23.0 Å². The Labute approximate surface area is 127 Å². The van der Waals surface area contributed by atoms with Gasteiger partial charge in [-0.25, -0.2) is 9.18 Å². The van der Waals surface area contributed by atoms with Crippen LogP contribution in [-0.2, 0) is 9.53 Å². The molecule has 2 atom stereocenters. The summed E-state index contributed by atoms with van der Waals surface area (Å²) in [5, 5.41) is 5.24. The fourth-order valence-electron chi connectivity index (χ4n) is 2.12. The predicted octanol–water partition coefficient (Wildman–Crippen LogP) is 1.58. The third kappa shape index (κ3) is 3.05. The Morgan fingerprint density at radius 2 is 2.24 bits per heavy atom. The molecule has 0 radical (unpaired) electrons. The van der Waals surface area contributed by atoms with Crippen LogP contribution in [0.15, 0.2) is 18.2 Å². The van der Waals surface area contributed by atoms with E-state index in [1.165, 1.54) is 17.0 Å². The summed E-state index contributed by atoms with van der Waals surface area (Å²) < 4.78 is 18.9. The number of cyclic esters (lactones) is 1. The molecule has 2 N–H and O–H groups in total. The maximum absolute atomic E-state index is 13.8. The van der Waals surface area contributed by atoms with Gasteiger partial charge in [0.25, 0.3) is 0 Å². The lowest BCUT2D eigenvalue weighted by atomic mass is 10.2. The molecule has 0 aliphatic carbocycles. The highest BCUT2D eigenvalue weighted by molar-refractivity contribution is 7.81. The average Bonchev–Trinajstić information content (AvgIpc) is 2.73. The van der Waals surface area contributed by atoms with Crippen LogP contribution in [0.3, 0.4) is 0 Å². The molecule has 1 heterocycles. The Kier molecular flexibility index (Phi) is 4.56. The molecule has 0 saturated carbocycles. The van der Waals surface area contributed by atoms with Crippen LogP contribution in [-0.4, -0.2) is 37.1 Å². The second-order valence-electron chi connectivity index (χ2n) is 4.55. The Bertz CT molecular complexity index is 570. The Morgan fingerprint density at radius 3 is 2.81 bits per heavy atom. The maximum atomic E-state index is 13.8. The van der Waals surface area contributed by atoms with Crippen LogP contribution in [0.25, 0.3) is 0 Å². The van der Waals surface area contributed by atoms with Crippen LogP contribution in [0.1, 0.15) is 6.92 Å². The van der Waals surface area contributed by atoms with Gasteiger partial charge in [0, 0.05) is 7.05 Å². The lowest BCUT2D eigenvalue weighted by Crippen LogP contribution is -2.44. The quantitative estimate of drug-likeness (QED) is 0.738. The van der Waals surface area contributed by atoms with Crippen molar-refractivity contribution in [3.63, 3.8) is 0 Å². The fourth-order valence-corrected chi connectivity index (χ4v) is 2.21. The summed E-state index contributed by atoms with van der Waals surface area (Å²) in [7, 11) is 1.61. The van der Waals surface area contributed by atoms with Crippen molar-refractivity contribution in [3.8, 4) is 0 Å². The Morgan fingerprint density at radius 1 is 1.52 bits per heavy atom. The number of ether oxygens (including phenoxy) is 1. The van der Waals surface area contributed by atoms with E-state index in [0.29, 0.717) is 11.4 Å². The van der Waals surface area contributed by atoms with Crippen LogP contribution < -0.4 is 15.5 Å². The molecule has 2 rings (SSSR count). The number of anilines is 2. The normalized spacial score (nSPS) is 21.1. The van der Waals surface area contributed by atoms with E-state index >= 15 is 0 Å². The van der Waals surface area contributed by atoms with Crippen LogP contribution in [0, 0.1) is 5.82 Å². The van der Waals surface area contributed by atoms with Crippen molar-refractivity contribution in [3.05, 3.63) is 24.0 Å². The molecular weight excluding hydrogens is 297 g/mol. The van der Waals surface area contributed by atoms with Gasteiger partial charge in [0.05, 0.1) is 23.2 Å². The first-order chi connectivity index (χ1) is 9.97. The Hall–Kier alpha value is -1.96. The zero-order valence-electron chi connectivity index (χ0n) is 11.6. The van der Waals surface area contributed by atoms with Crippen molar-refractivity contribution in [1.29, 1.82) is 0 Å². The second kappa shape index (κ2) is 6.21. The number of rotatable bonds is 4. The van der Waals surface area contributed by atoms with Gasteiger partial charge in [-0.3, -0.25) is 9.69 Å². The van der Waals surface area contributed by atoms with Crippen molar-refractivity contribution in [2.45, 2.75) is 19.2 Å². The molecule has 1 aliphatic rings. The minimum atomic E-state index is -0.788. The number of halogens is 1. The SMILES string of the molecule is CNc1ccc(N2C(=O)O[C@H](NC(=O)CS)C2C)cc1F. The fraction of sp³-hybridized carbons (Fsp3) is 0.385. The maximum Gasteiger partial charge on any atom is 0.416 e. The number of hydrogen-bond donors (Lipinski definition) is 3. The largest absolute Gasteiger partial charge is 0.423 e. The summed E-state index contributed by atoms with van der Waals surface area (Å²) in [4.78, 5) is 24.6. The number of nitrogens with zero attached hydrogens (tertiary/aromatic N) is 1. The van der Waals surface area contributed by atoms with E-state index in [2.05, 4.69) is 23.3 Å². The zero-order chi connectivity index (χ0) is 15.6. The molecule has 1 aromatic rings. The van der Waals surface area contributed by atoms with Gasteiger partial charge in [0.2, 0.25) is 5.91 Å². The minimum absolute atomic E-state index is 0.00767. The predicted molar refractivity (Wildman–Crippen MR) is 80.2 cm³/mol. The topological polar surface area (TPSA) is 70.7 Å². The van der Waals surface area contributed by atoms with Gasteiger partial charge in [-0.05, 0) is 25.1 Å². The molecule has 114 valence electrons. The van der Waals surface area contributed by atoms with Crippen molar-refractivity contribution in [1.82, 2.24) is 5.32 Å². The van der Waals surface area contributed by atoms with Gasteiger partial charge in [-0.15, -0.1) is 0 Å². The zero-order valence-corrected chi connectivity index (χ0v) is 12.5. The van der Waals surface area contributed by atoms with Crippen molar-refractivity contribution in [2.24, 2.45) is 0 Å². The first-order valence-corrected chi connectivity index (χ1v) is 6.98. The molecule has 1 aromatic carbocycles. The molecule has 1 unspecified atom stereocenters. The molecule has 1 fully saturated rings. The highest BCUT2D eigenvalue weighted by Crippen LogP contribution is 2.28. The van der Waals surface area contributed by atoms with Gasteiger partial charge in [0.15, 0.2) is 6.23 Å². The number of amides is 2. The highest BCUT2D eigenvalue weighted by Gasteiger charge is 2.40. The van der Waals surface area contributed by atoms with Gasteiger partial charge >= 0.3 is 6.09 Å². The van der Waals surface area contributed by atoms with Crippen molar-refractivity contribution >= 4 is 36.0 Å². The summed E-state index contributed by atoms with van der Waals surface area (Å²) in [5.41, 5.74) is 0.700. The summed E-state index contributed by atoms with van der Waals surface area (Å²) in [6, 6.07) is 3.92. The van der Waals surface area contributed by atoms with E-state index in [1.807, 2.05) is 0 Å². The minimum Gasteiger partial charge on any atom is -0.423 e. The van der Waals surface area contributed by atoms with Gasteiger partial charge in [-0.1, -0.05) is 0 Å². The lowest BCUT2D eigenvalue weighted by molar-refractivity contribution is -0.121. The van der Waals surface area contributed by atoms with E-state index in [-0.39, 0.29) is 11.7 Å². The highest BCUT2D eigenvalue weighted by atomic mass is 32.1. The van der Waals surface area contributed by atoms with E-state index in [1.54, 1.807) is 20.0 Å². The van der Waals surface area contributed by atoms with Crippen LogP contribution in [0.2, 0.25) is 0 Å². The van der Waals surface area contributed by atoms with E-state index < -0.39 is 24.2 Å².